The van der Waals surface area contributed by atoms with Gasteiger partial charge < -0.3 is 4.42 Å². The smallest absolute Gasteiger partial charge is 0.455 e. The monoisotopic (exact) mass is 316 g/mol. The summed E-state index contributed by atoms with van der Waals surface area (Å²) < 4.78 is 44.1. The molecule has 0 unspecified atom stereocenters. The second kappa shape index (κ2) is 5.76. The average molecular weight is 316 g/mol. The van der Waals surface area contributed by atoms with Gasteiger partial charge in [-0.3, -0.25) is 4.79 Å². The Bertz CT molecular complexity index is 818. The predicted molar refractivity (Wildman–Crippen MR) is 80.0 cm³/mol. The van der Waals surface area contributed by atoms with Gasteiger partial charge in [0.25, 0.3) is 5.78 Å². The van der Waals surface area contributed by atoms with Gasteiger partial charge in [-0.05, 0) is 6.07 Å². The molecule has 1 heterocycles. The first-order valence-corrected chi connectivity index (χ1v) is 6.83. The zero-order chi connectivity index (χ0) is 16.4. The van der Waals surface area contributed by atoms with Crippen molar-refractivity contribution in [2.24, 2.45) is 0 Å². The van der Waals surface area contributed by atoms with Crippen molar-refractivity contribution in [1.29, 1.82) is 0 Å². The summed E-state index contributed by atoms with van der Waals surface area (Å²) in [6.07, 6.45) is -4.96. The molecule has 0 bridgehead atoms. The van der Waals surface area contributed by atoms with Crippen LogP contribution >= 0.6 is 0 Å². The molecule has 0 spiro atoms. The van der Waals surface area contributed by atoms with Crippen LogP contribution in [-0.4, -0.2) is 12.0 Å². The molecule has 5 heteroatoms. The molecule has 2 aromatic carbocycles. The zero-order valence-corrected chi connectivity index (χ0v) is 11.8. The molecule has 0 atom stereocenters. The molecular weight excluding hydrogens is 305 g/mol. The summed E-state index contributed by atoms with van der Waals surface area (Å²) >= 11 is 0. The van der Waals surface area contributed by atoms with E-state index >= 15 is 0 Å². The number of carbonyl (C=O) groups excluding carboxylic acids is 1. The summed E-state index contributed by atoms with van der Waals surface area (Å²) in [5.41, 5.74) is 0.538. The number of Topliss-reactive ketones (excluding diaryl/α,β-unsaturated/α-hetero) is 1. The Kier molecular flexibility index (Phi) is 3.78. The van der Waals surface area contributed by atoms with Gasteiger partial charge >= 0.3 is 6.18 Å². The molecule has 0 saturated heterocycles. The third kappa shape index (κ3) is 3.04. The lowest BCUT2D eigenvalue weighted by atomic mass is 10.0. The van der Waals surface area contributed by atoms with E-state index in [9.17, 15) is 18.0 Å². The number of alkyl halides is 3. The van der Waals surface area contributed by atoms with Gasteiger partial charge in [0, 0.05) is 11.1 Å². The number of furan rings is 1. The number of halogens is 3. The number of benzene rings is 2. The van der Waals surface area contributed by atoms with Crippen molar-refractivity contribution in [2.45, 2.75) is 6.18 Å². The van der Waals surface area contributed by atoms with Crippen LogP contribution in [0, 0.1) is 0 Å². The summed E-state index contributed by atoms with van der Waals surface area (Å²) in [7, 11) is 0. The molecule has 0 aliphatic heterocycles. The van der Waals surface area contributed by atoms with E-state index in [1.807, 2.05) is 0 Å². The van der Waals surface area contributed by atoms with Crippen LogP contribution in [0.15, 0.2) is 71.1 Å². The van der Waals surface area contributed by atoms with E-state index in [0.29, 0.717) is 11.1 Å². The molecule has 23 heavy (non-hydrogen) atoms. The van der Waals surface area contributed by atoms with Crippen LogP contribution in [0.1, 0.15) is 10.4 Å². The van der Waals surface area contributed by atoms with Crippen molar-refractivity contribution >= 4 is 5.78 Å². The Balaban J connectivity index is 2.17. The maximum atomic E-state index is 12.9. The lowest BCUT2D eigenvalue weighted by Crippen LogP contribution is -2.22. The Morgan fingerprint density at radius 3 is 1.87 bits per heavy atom. The standard InChI is InChI=1S/C18H11F3O2/c19-18(20,21)17(22)14-11-15(12-7-3-1-4-8-12)23-16(14)13-9-5-2-6-10-13/h1-11H. The van der Waals surface area contributed by atoms with E-state index in [2.05, 4.69) is 0 Å². The third-order valence-electron chi connectivity index (χ3n) is 3.33. The molecule has 0 aliphatic rings. The Morgan fingerprint density at radius 2 is 1.35 bits per heavy atom. The molecule has 0 amide bonds. The van der Waals surface area contributed by atoms with Crippen LogP contribution in [0.4, 0.5) is 13.2 Å². The number of rotatable bonds is 3. The van der Waals surface area contributed by atoms with Crippen LogP contribution in [0.2, 0.25) is 0 Å². The van der Waals surface area contributed by atoms with Gasteiger partial charge in [0.15, 0.2) is 0 Å². The summed E-state index contributed by atoms with van der Waals surface area (Å²) in [6.45, 7) is 0. The molecule has 3 aromatic rings. The topological polar surface area (TPSA) is 30.2 Å². The molecule has 0 fully saturated rings. The van der Waals surface area contributed by atoms with Crippen LogP contribution in [0.5, 0.6) is 0 Å². The highest BCUT2D eigenvalue weighted by Crippen LogP contribution is 2.35. The molecule has 3 rings (SSSR count). The second-order valence-electron chi connectivity index (χ2n) is 4.91. The van der Waals surface area contributed by atoms with Gasteiger partial charge in [-0.25, -0.2) is 0 Å². The van der Waals surface area contributed by atoms with Gasteiger partial charge in [0.2, 0.25) is 0 Å². The van der Waals surface area contributed by atoms with E-state index in [1.165, 1.54) is 0 Å². The summed E-state index contributed by atoms with van der Waals surface area (Å²) in [5, 5.41) is 0. The fourth-order valence-electron chi connectivity index (χ4n) is 2.26. The highest BCUT2D eigenvalue weighted by Gasteiger charge is 2.42. The first-order valence-electron chi connectivity index (χ1n) is 6.83. The summed E-state index contributed by atoms with van der Waals surface area (Å²) in [5.74, 6) is -1.77. The largest absolute Gasteiger partial charge is 0.455 e. The molecule has 0 aliphatic carbocycles. The Labute approximate surface area is 130 Å². The lowest BCUT2D eigenvalue weighted by Gasteiger charge is -2.05. The minimum Gasteiger partial charge on any atom is -0.455 e. The Hall–Kier alpha value is -2.82. The van der Waals surface area contributed by atoms with Crippen LogP contribution in [0.25, 0.3) is 22.6 Å². The van der Waals surface area contributed by atoms with Gasteiger partial charge in [-0.15, -0.1) is 0 Å². The summed E-state index contributed by atoms with van der Waals surface area (Å²) in [6, 6.07) is 18.1. The zero-order valence-electron chi connectivity index (χ0n) is 11.8. The fraction of sp³-hybridized carbons (Fsp3) is 0.0556. The van der Waals surface area contributed by atoms with E-state index < -0.39 is 17.5 Å². The molecule has 0 saturated carbocycles. The highest BCUT2D eigenvalue weighted by molar-refractivity contribution is 6.05. The lowest BCUT2D eigenvalue weighted by molar-refractivity contribution is -0.0885. The van der Waals surface area contributed by atoms with Crippen molar-refractivity contribution in [3.63, 3.8) is 0 Å². The molecule has 0 radical (unpaired) electrons. The number of carbonyl (C=O) groups is 1. The van der Waals surface area contributed by atoms with Gasteiger partial charge in [0.1, 0.15) is 11.5 Å². The number of hydrogen-bond donors (Lipinski definition) is 0. The maximum Gasteiger partial charge on any atom is 0.455 e. The minimum absolute atomic E-state index is 0.0771. The van der Waals surface area contributed by atoms with Crippen LogP contribution < -0.4 is 0 Å². The molecule has 0 N–H and O–H groups in total. The normalized spacial score (nSPS) is 11.4. The SMILES string of the molecule is O=C(c1cc(-c2ccccc2)oc1-c1ccccc1)C(F)(F)F. The van der Waals surface area contributed by atoms with Gasteiger partial charge in [-0.1, -0.05) is 60.7 Å². The molecule has 1 aromatic heterocycles. The molecular formula is C18H11F3O2. The van der Waals surface area contributed by atoms with E-state index in [4.69, 9.17) is 4.42 Å². The molecule has 2 nitrogen and oxygen atoms in total. The van der Waals surface area contributed by atoms with Crippen LogP contribution in [0.3, 0.4) is 0 Å². The van der Waals surface area contributed by atoms with Gasteiger partial charge in [0.05, 0.1) is 5.56 Å². The van der Waals surface area contributed by atoms with E-state index in [-0.39, 0.29) is 11.5 Å². The van der Waals surface area contributed by atoms with E-state index in [1.54, 1.807) is 60.7 Å². The first kappa shape index (κ1) is 15.1. The Morgan fingerprint density at radius 1 is 0.826 bits per heavy atom. The van der Waals surface area contributed by atoms with Crippen molar-refractivity contribution in [3.05, 3.63) is 72.3 Å². The second-order valence-corrected chi connectivity index (χ2v) is 4.91. The van der Waals surface area contributed by atoms with Crippen molar-refractivity contribution < 1.29 is 22.4 Å². The van der Waals surface area contributed by atoms with Crippen molar-refractivity contribution in [3.8, 4) is 22.6 Å². The number of hydrogen-bond acceptors (Lipinski definition) is 2. The summed E-state index contributed by atoms with van der Waals surface area (Å²) in [4.78, 5) is 11.7. The fourth-order valence-corrected chi connectivity index (χ4v) is 2.26. The van der Waals surface area contributed by atoms with Gasteiger partial charge in [-0.2, -0.15) is 13.2 Å². The average Bonchev–Trinajstić information content (AvgIpc) is 3.00. The quantitative estimate of drug-likeness (QED) is 0.609. The van der Waals surface area contributed by atoms with Crippen LogP contribution in [-0.2, 0) is 0 Å². The first-order chi connectivity index (χ1) is 11.0. The maximum absolute atomic E-state index is 12.9. The highest BCUT2D eigenvalue weighted by atomic mass is 19.4. The third-order valence-corrected chi connectivity index (χ3v) is 3.33. The van der Waals surface area contributed by atoms with Crippen molar-refractivity contribution in [1.82, 2.24) is 0 Å². The molecule has 116 valence electrons. The number of ketones is 1. The predicted octanol–water partition coefficient (Wildman–Crippen LogP) is 5.36. The minimum atomic E-state index is -4.96. The van der Waals surface area contributed by atoms with Crippen molar-refractivity contribution in [2.75, 3.05) is 0 Å². The van der Waals surface area contributed by atoms with E-state index in [0.717, 1.165) is 6.07 Å².